The number of hydrogen-bond donors (Lipinski definition) is 0. The van der Waals surface area contributed by atoms with Gasteiger partial charge in [-0.15, -0.1) is 0 Å². The summed E-state index contributed by atoms with van der Waals surface area (Å²) in [5.74, 6) is -0.0923. The van der Waals surface area contributed by atoms with Gasteiger partial charge in [-0.2, -0.15) is 0 Å². The molecule has 0 saturated carbocycles. The predicted molar refractivity (Wildman–Crippen MR) is 119 cm³/mol. The molecule has 0 radical (unpaired) electrons. The molecule has 1 unspecified atom stereocenters. The van der Waals surface area contributed by atoms with E-state index in [2.05, 4.69) is 0 Å². The van der Waals surface area contributed by atoms with Crippen molar-refractivity contribution in [3.05, 3.63) is 60.2 Å². The molecule has 0 aromatic heterocycles. The molecule has 32 heavy (non-hydrogen) atoms. The molecule has 0 aliphatic carbocycles. The van der Waals surface area contributed by atoms with E-state index in [-0.39, 0.29) is 24.2 Å². The van der Waals surface area contributed by atoms with Gasteiger partial charge in [0.2, 0.25) is 11.8 Å². The van der Waals surface area contributed by atoms with Crippen LogP contribution in [0.1, 0.15) is 24.8 Å². The van der Waals surface area contributed by atoms with Crippen molar-refractivity contribution in [1.29, 1.82) is 0 Å². The van der Waals surface area contributed by atoms with Crippen LogP contribution in [0.25, 0.3) is 0 Å². The van der Waals surface area contributed by atoms with Gasteiger partial charge < -0.3 is 19.3 Å². The Morgan fingerprint density at radius 2 is 1.72 bits per heavy atom. The SMILES string of the molecule is COC(=O)C1(c2ccccc2)CCN(C(=O)C2CC(=O)N(c3cccc(OC)c3)C2)CC1. The average Bonchev–Trinajstić information content (AvgIpc) is 3.25. The van der Waals surface area contributed by atoms with Gasteiger partial charge in [-0.25, -0.2) is 0 Å². The number of piperidine rings is 1. The van der Waals surface area contributed by atoms with E-state index >= 15 is 0 Å². The van der Waals surface area contributed by atoms with Crippen LogP contribution >= 0.6 is 0 Å². The lowest BCUT2D eigenvalue weighted by Gasteiger charge is -2.40. The molecule has 2 saturated heterocycles. The van der Waals surface area contributed by atoms with Crippen LogP contribution in [0.15, 0.2) is 54.6 Å². The van der Waals surface area contributed by atoms with Crippen molar-refractivity contribution in [2.45, 2.75) is 24.7 Å². The Balaban J connectivity index is 1.45. The van der Waals surface area contributed by atoms with E-state index in [0.29, 0.717) is 38.2 Å². The maximum atomic E-state index is 13.2. The molecular formula is C25H28N2O5. The third-order valence-corrected chi connectivity index (χ3v) is 6.67. The monoisotopic (exact) mass is 436 g/mol. The second kappa shape index (κ2) is 9.02. The van der Waals surface area contributed by atoms with Crippen LogP contribution in [0.4, 0.5) is 5.69 Å². The minimum absolute atomic E-state index is 0.0322. The van der Waals surface area contributed by atoms with Crippen LogP contribution in [-0.2, 0) is 24.5 Å². The molecule has 168 valence electrons. The topological polar surface area (TPSA) is 76.2 Å². The van der Waals surface area contributed by atoms with Crippen molar-refractivity contribution in [3.63, 3.8) is 0 Å². The van der Waals surface area contributed by atoms with Gasteiger partial charge in [0.1, 0.15) is 5.75 Å². The van der Waals surface area contributed by atoms with E-state index in [9.17, 15) is 14.4 Å². The Morgan fingerprint density at radius 1 is 1.00 bits per heavy atom. The molecule has 2 heterocycles. The molecule has 0 bridgehead atoms. The molecule has 2 fully saturated rings. The average molecular weight is 437 g/mol. The van der Waals surface area contributed by atoms with Crippen LogP contribution in [0.5, 0.6) is 5.75 Å². The molecule has 0 N–H and O–H groups in total. The van der Waals surface area contributed by atoms with E-state index in [4.69, 9.17) is 9.47 Å². The Morgan fingerprint density at radius 3 is 2.38 bits per heavy atom. The first-order valence-corrected chi connectivity index (χ1v) is 10.9. The minimum atomic E-state index is -0.745. The number of rotatable bonds is 5. The predicted octanol–water partition coefficient (Wildman–Crippen LogP) is 2.78. The van der Waals surface area contributed by atoms with Gasteiger partial charge >= 0.3 is 5.97 Å². The largest absolute Gasteiger partial charge is 0.497 e. The summed E-state index contributed by atoms with van der Waals surface area (Å²) >= 11 is 0. The molecule has 2 amide bonds. The molecule has 2 aliphatic heterocycles. The first-order valence-electron chi connectivity index (χ1n) is 10.9. The summed E-state index contributed by atoms with van der Waals surface area (Å²) in [7, 11) is 2.99. The summed E-state index contributed by atoms with van der Waals surface area (Å²) in [5.41, 5.74) is 0.904. The van der Waals surface area contributed by atoms with Crippen molar-refractivity contribution < 1.29 is 23.9 Å². The fraction of sp³-hybridized carbons (Fsp3) is 0.400. The van der Waals surface area contributed by atoms with Crippen molar-refractivity contribution in [1.82, 2.24) is 4.90 Å². The zero-order valence-electron chi connectivity index (χ0n) is 18.5. The lowest BCUT2D eigenvalue weighted by atomic mass is 9.72. The smallest absolute Gasteiger partial charge is 0.316 e. The summed E-state index contributed by atoms with van der Waals surface area (Å²) in [4.78, 5) is 42.0. The lowest BCUT2D eigenvalue weighted by molar-refractivity contribution is -0.152. The first-order chi connectivity index (χ1) is 15.5. The summed E-state index contributed by atoms with van der Waals surface area (Å²) < 4.78 is 10.4. The van der Waals surface area contributed by atoms with Crippen LogP contribution < -0.4 is 9.64 Å². The van der Waals surface area contributed by atoms with Crippen molar-refractivity contribution in [2.75, 3.05) is 38.8 Å². The number of carbonyl (C=O) groups is 3. The second-order valence-corrected chi connectivity index (χ2v) is 8.37. The summed E-state index contributed by atoms with van der Waals surface area (Å²) in [6, 6.07) is 16.9. The van der Waals surface area contributed by atoms with Gasteiger partial charge in [0.25, 0.3) is 0 Å². The van der Waals surface area contributed by atoms with E-state index < -0.39 is 11.3 Å². The van der Waals surface area contributed by atoms with Crippen LogP contribution in [0.3, 0.4) is 0 Å². The van der Waals surface area contributed by atoms with Crippen LogP contribution in [0.2, 0.25) is 0 Å². The number of anilines is 1. The third kappa shape index (κ3) is 3.95. The van der Waals surface area contributed by atoms with Gasteiger partial charge in [0.15, 0.2) is 0 Å². The summed E-state index contributed by atoms with van der Waals surface area (Å²) in [5, 5.41) is 0. The number of esters is 1. The number of hydrogen-bond acceptors (Lipinski definition) is 5. The quantitative estimate of drug-likeness (QED) is 0.674. The second-order valence-electron chi connectivity index (χ2n) is 8.37. The Bertz CT molecular complexity index is 998. The molecule has 7 nitrogen and oxygen atoms in total. The number of carbonyl (C=O) groups excluding carboxylic acids is 3. The number of nitrogens with zero attached hydrogens (tertiary/aromatic N) is 2. The highest BCUT2D eigenvalue weighted by molar-refractivity contribution is 6.00. The Labute approximate surface area is 187 Å². The lowest BCUT2D eigenvalue weighted by Crippen LogP contribution is -2.51. The third-order valence-electron chi connectivity index (χ3n) is 6.67. The number of ether oxygens (including phenoxy) is 2. The fourth-order valence-corrected chi connectivity index (χ4v) is 4.83. The molecule has 1 atom stereocenters. The standard InChI is InChI=1S/C25H28N2O5/c1-31-21-10-6-9-20(16-21)27-17-18(15-22(27)28)23(29)26-13-11-25(12-14-26,24(30)32-2)19-7-4-3-5-8-19/h3-10,16,18H,11-15,17H2,1-2H3. The van der Waals surface area contributed by atoms with Gasteiger partial charge in [0, 0.05) is 37.8 Å². The van der Waals surface area contributed by atoms with Crippen molar-refractivity contribution >= 4 is 23.5 Å². The maximum Gasteiger partial charge on any atom is 0.316 e. The Hall–Kier alpha value is -3.35. The van der Waals surface area contributed by atoms with Gasteiger partial charge in [0.05, 0.1) is 25.6 Å². The zero-order valence-corrected chi connectivity index (χ0v) is 18.5. The maximum absolute atomic E-state index is 13.2. The molecule has 2 aromatic rings. The van der Waals surface area contributed by atoms with Crippen molar-refractivity contribution in [2.24, 2.45) is 5.92 Å². The number of methoxy groups -OCH3 is 2. The van der Waals surface area contributed by atoms with Crippen molar-refractivity contribution in [3.8, 4) is 5.75 Å². The summed E-state index contributed by atoms with van der Waals surface area (Å²) in [6.07, 6.45) is 1.18. The molecule has 7 heteroatoms. The number of benzene rings is 2. The highest BCUT2D eigenvalue weighted by Crippen LogP contribution is 2.38. The molecule has 0 spiro atoms. The molecule has 2 aromatic carbocycles. The number of amides is 2. The van der Waals surface area contributed by atoms with Gasteiger partial charge in [-0.1, -0.05) is 36.4 Å². The highest BCUT2D eigenvalue weighted by atomic mass is 16.5. The van der Waals surface area contributed by atoms with E-state index in [1.54, 1.807) is 23.0 Å². The highest BCUT2D eigenvalue weighted by Gasteiger charge is 2.46. The Kier molecular flexibility index (Phi) is 6.17. The number of likely N-dealkylation sites (tertiary alicyclic amines) is 1. The molecule has 2 aliphatic rings. The minimum Gasteiger partial charge on any atom is -0.497 e. The van der Waals surface area contributed by atoms with Crippen LogP contribution in [0, 0.1) is 5.92 Å². The van der Waals surface area contributed by atoms with E-state index in [1.807, 2.05) is 48.5 Å². The fourth-order valence-electron chi connectivity index (χ4n) is 4.83. The van der Waals surface area contributed by atoms with Gasteiger partial charge in [-0.3, -0.25) is 14.4 Å². The zero-order chi connectivity index (χ0) is 22.7. The van der Waals surface area contributed by atoms with E-state index in [0.717, 1.165) is 11.3 Å². The normalized spacial score (nSPS) is 20.2. The van der Waals surface area contributed by atoms with E-state index in [1.165, 1.54) is 7.11 Å². The summed E-state index contributed by atoms with van der Waals surface area (Å²) in [6.45, 7) is 1.25. The first kappa shape index (κ1) is 21.9. The molecular weight excluding hydrogens is 408 g/mol. The molecule has 4 rings (SSSR count). The van der Waals surface area contributed by atoms with Crippen LogP contribution in [-0.4, -0.2) is 56.5 Å². The van der Waals surface area contributed by atoms with Gasteiger partial charge in [-0.05, 0) is 30.5 Å².